The predicted octanol–water partition coefficient (Wildman–Crippen LogP) is 5.18. The second kappa shape index (κ2) is 9.54. The first kappa shape index (κ1) is 25.1. The molecule has 174 valence electrons. The molecule has 0 spiro atoms. The SMILES string of the molecule is COC(=O)[C@@H](NC(=O)OC(C)(C)C)[C@H](c1ccc(C(F)(F)F)cc1)c1cc(F)cc(F)c1. The monoisotopic (exact) mass is 459 g/mol. The zero-order chi connectivity index (χ0) is 24.3. The summed E-state index contributed by atoms with van der Waals surface area (Å²) in [5, 5.41) is 2.30. The molecule has 0 unspecified atom stereocenters. The van der Waals surface area contributed by atoms with Crippen molar-refractivity contribution in [3.63, 3.8) is 0 Å². The minimum absolute atomic E-state index is 0.0782. The van der Waals surface area contributed by atoms with Gasteiger partial charge in [0.1, 0.15) is 23.3 Å². The average molecular weight is 459 g/mol. The quantitative estimate of drug-likeness (QED) is 0.494. The van der Waals surface area contributed by atoms with Gasteiger partial charge in [-0.3, -0.25) is 0 Å². The zero-order valence-electron chi connectivity index (χ0n) is 17.7. The Labute approximate surface area is 181 Å². The van der Waals surface area contributed by atoms with E-state index in [1.807, 2.05) is 0 Å². The van der Waals surface area contributed by atoms with Crippen LogP contribution in [0.5, 0.6) is 0 Å². The fourth-order valence-corrected chi connectivity index (χ4v) is 3.05. The maximum absolute atomic E-state index is 13.9. The van der Waals surface area contributed by atoms with Crippen LogP contribution >= 0.6 is 0 Å². The smallest absolute Gasteiger partial charge is 0.416 e. The topological polar surface area (TPSA) is 64.6 Å². The van der Waals surface area contributed by atoms with Crippen LogP contribution in [0.3, 0.4) is 0 Å². The van der Waals surface area contributed by atoms with Crippen LogP contribution in [0.2, 0.25) is 0 Å². The Hall–Kier alpha value is -3.17. The maximum Gasteiger partial charge on any atom is 0.416 e. The number of carbonyl (C=O) groups excluding carboxylic acids is 2. The number of methoxy groups -OCH3 is 1. The third kappa shape index (κ3) is 6.66. The van der Waals surface area contributed by atoms with E-state index in [9.17, 15) is 31.5 Å². The first-order valence-corrected chi connectivity index (χ1v) is 9.42. The molecular formula is C22H22F5NO4. The molecule has 2 aromatic rings. The minimum Gasteiger partial charge on any atom is -0.467 e. The molecule has 1 N–H and O–H groups in total. The molecule has 0 aliphatic carbocycles. The van der Waals surface area contributed by atoms with Gasteiger partial charge in [-0.1, -0.05) is 12.1 Å². The summed E-state index contributed by atoms with van der Waals surface area (Å²) < 4.78 is 76.7. The lowest BCUT2D eigenvalue weighted by Gasteiger charge is -2.28. The molecule has 0 heterocycles. The number of benzene rings is 2. The molecule has 0 saturated heterocycles. The van der Waals surface area contributed by atoms with Crippen LogP contribution in [-0.2, 0) is 20.4 Å². The Morgan fingerprint density at radius 3 is 1.88 bits per heavy atom. The van der Waals surface area contributed by atoms with Crippen LogP contribution < -0.4 is 5.32 Å². The normalized spacial score (nSPS) is 13.8. The van der Waals surface area contributed by atoms with E-state index in [0.29, 0.717) is 6.07 Å². The Morgan fingerprint density at radius 2 is 1.44 bits per heavy atom. The summed E-state index contributed by atoms with van der Waals surface area (Å²) in [7, 11) is 1.03. The number of alkyl halides is 3. The third-order valence-electron chi connectivity index (χ3n) is 4.30. The first-order valence-electron chi connectivity index (χ1n) is 9.42. The molecule has 10 heteroatoms. The number of carbonyl (C=O) groups is 2. The standard InChI is InChI=1S/C22H22F5NO4/c1-21(2,3)32-20(30)28-18(19(29)31-4)17(13-9-15(23)11-16(24)10-13)12-5-7-14(8-6-12)22(25,26)27/h5-11,17-18H,1-4H3,(H,28,30)/t17-,18+/m1/s1. The Morgan fingerprint density at radius 1 is 0.906 bits per heavy atom. The van der Waals surface area contributed by atoms with Gasteiger partial charge in [-0.15, -0.1) is 0 Å². The van der Waals surface area contributed by atoms with Crippen molar-refractivity contribution in [3.8, 4) is 0 Å². The highest BCUT2D eigenvalue weighted by molar-refractivity contribution is 5.83. The lowest BCUT2D eigenvalue weighted by Crippen LogP contribution is -2.47. The molecular weight excluding hydrogens is 437 g/mol. The van der Waals surface area contributed by atoms with Crippen molar-refractivity contribution in [1.82, 2.24) is 5.32 Å². The van der Waals surface area contributed by atoms with E-state index < -0.39 is 53.0 Å². The summed E-state index contributed by atoms with van der Waals surface area (Å²) in [5.41, 5.74) is -1.91. The summed E-state index contributed by atoms with van der Waals surface area (Å²) in [4.78, 5) is 24.9. The van der Waals surface area contributed by atoms with E-state index in [-0.39, 0.29) is 11.1 Å². The van der Waals surface area contributed by atoms with E-state index in [1.165, 1.54) is 0 Å². The molecule has 2 rings (SSSR count). The summed E-state index contributed by atoms with van der Waals surface area (Å²) in [6.07, 6.45) is -5.64. The van der Waals surface area contributed by atoms with Crippen molar-refractivity contribution < 1.29 is 41.0 Å². The van der Waals surface area contributed by atoms with Gasteiger partial charge in [0.2, 0.25) is 0 Å². The number of nitrogens with one attached hydrogen (secondary N) is 1. The maximum atomic E-state index is 13.9. The lowest BCUT2D eigenvalue weighted by atomic mass is 9.84. The first-order chi connectivity index (χ1) is 14.7. The largest absolute Gasteiger partial charge is 0.467 e. The minimum atomic E-state index is -4.62. The molecule has 0 saturated carbocycles. The molecule has 0 aromatic heterocycles. The van der Waals surface area contributed by atoms with E-state index in [2.05, 4.69) is 5.32 Å². The van der Waals surface area contributed by atoms with Gasteiger partial charge in [0.25, 0.3) is 0 Å². The Bertz CT molecular complexity index is 948. The van der Waals surface area contributed by atoms with Crippen LogP contribution in [0.1, 0.15) is 43.4 Å². The van der Waals surface area contributed by atoms with Crippen molar-refractivity contribution in [2.75, 3.05) is 7.11 Å². The van der Waals surface area contributed by atoms with Crippen molar-refractivity contribution in [2.24, 2.45) is 0 Å². The van der Waals surface area contributed by atoms with Crippen LogP contribution in [0.25, 0.3) is 0 Å². The van der Waals surface area contributed by atoms with Crippen LogP contribution in [-0.4, -0.2) is 30.8 Å². The Kier molecular flexibility index (Phi) is 7.48. The fourth-order valence-electron chi connectivity index (χ4n) is 3.05. The summed E-state index contributed by atoms with van der Waals surface area (Å²) in [5.74, 6) is -4.23. The number of hydrogen-bond donors (Lipinski definition) is 1. The van der Waals surface area contributed by atoms with Crippen molar-refractivity contribution in [1.29, 1.82) is 0 Å². The van der Waals surface area contributed by atoms with Crippen LogP contribution in [0, 0.1) is 11.6 Å². The number of esters is 1. The van der Waals surface area contributed by atoms with Gasteiger partial charge in [-0.05, 0) is 56.2 Å². The molecule has 0 aliphatic rings. The van der Waals surface area contributed by atoms with Gasteiger partial charge in [-0.2, -0.15) is 13.2 Å². The summed E-state index contributed by atoms with van der Waals surface area (Å²) in [6.45, 7) is 4.74. The lowest BCUT2D eigenvalue weighted by molar-refractivity contribution is -0.143. The third-order valence-corrected chi connectivity index (χ3v) is 4.30. The fraction of sp³-hybridized carbons (Fsp3) is 0.364. The highest BCUT2D eigenvalue weighted by atomic mass is 19.4. The molecule has 0 fully saturated rings. The molecule has 5 nitrogen and oxygen atoms in total. The molecule has 2 atom stereocenters. The highest BCUT2D eigenvalue weighted by Gasteiger charge is 2.36. The van der Waals surface area contributed by atoms with Gasteiger partial charge in [0, 0.05) is 12.0 Å². The molecule has 2 aromatic carbocycles. The molecule has 0 bridgehead atoms. The molecule has 0 radical (unpaired) electrons. The number of amides is 1. The predicted molar refractivity (Wildman–Crippen MR) is 105 cm³/mol. The van der Waals surface area contributed by atoms with Gasteiger partial charge in [0.05, 0.1) is 12.7 Å². The number of alkyl carbamates (subject to hydrolysis) is 1. The summed E-state index contributed by atoms with van der Waals surface area (Å²) >= 11 is 0. The number of hydrogen-bond acceptors (Lipinski definition) is 4. The number of halogens is 5. The Balaban J connectivity index is 2.60. The number of ether oxygens (including phenoxy) is 2. The van der Waals surface area contributed by atoms with Crippen molar-refractivity contribution in [3.05, 3.63) is 70.8 Å². The average Bonchev–Trinajstić information content (AvgIpc) is 2.64. The number of rotatable bonds is 5. The zero-order valence-corrected chi connectivity index (χ0v) is 17.7. The van der Waals surface area contributed by atoms with E-state index in [1.54, 1.807) is 20.8 Å². The van der Waals surface area contributed by atoms with Gasteiger partial charge < -0.3 is 14.8 Å². The van der Waals surface area contributed by atoms with Crippen LogP contribution in [0.15, 0.2) is 42.5 Å². The molecule has 0 aliphatic heterocycles. The summed E-state index contributed by atoms with van der Waals surface area (Å²) in [6, 6.07) is 4.51. The van der Waals surface area contributed by atoms with Gasteiger partial charge >= 0.3 is 18.2 Å². The highest BCUT2D eigenvalue weighted by Crippen LogP contribution is 2.34. The van der Waals surface area contributed by atoms with Crippen LogP contribution in [0.4, 0.5) is 26.7 Å². The van der Waals surface area contributed by atoms with E-state index in [0.717, 1.165) is 43.5 Å². The van der Waals surface area contributed by atoms with Gasteiger partial charge in [-0.25, -0.2) is 18.4 Å². The van der Waals surface area contributed by atoms with Crippen molar-refractivity contribution >= 4 is 12.1 Å². The van der Waals surface area contributed by atoms with E-state index >= 15 is 0 Å². The second-order valence-corrected chi connectivity index (χ2v) is 7.95. The van der Waals surface area contributed by atoms with Crippen molar-refractivity contribution in [2.45, 2.75) is 44.5 Å². The molecule has 32 heavy (non-hydrogen) atoms. The second-order valence-electron chi connectivity index (χ2n) is 7.95. The van der Waals surface area contributed by atoms with E-state index in [4.69, 9.17) is 9.47 Å². The molecule has 1 amide bonds. The van der Waals surface area contributed by atoms with Gasteiger partial charge in [0.15, 0.2) is 0 Å².